The molecule has 82 valence electrons. The van der Waals surface area contributed by atoms with Gasteiger partial charge in [-0.15, -0.1) is 0 Å². The molecule has 4 nitrogen and oxygen atoms in total. The molecule has 0 radical (unpaired) electrons. The average molecular weight is 238 g/mol. The van der Waals surface area contributed by atoms with E-state index in [2.05, 4.69) is 4.74 Å². The number of ether oxygens (including phenoxy) is 1. The fraction of sp³-hybridized carbons (Fsp3) is 0.250. The maximum Gasteiger partial charge on any atom is 0.272 e. The molecule has 0 aliphatic heterocycles. The normalized spacial score (nSPS) is 10.5. The summed E-state index contributed by atoms with van der Waals surface area (Å²) in [5, 5.41) is -0.981. The summed E-state index contributed by atoms with van der Waals surface area (Å²) in [5.74, 6) is -0.492. The Morgan fingerprint density at radius 2 is 2.20 bits per heavy atom. The van der Waals surface area contributed by atoms with Crippen molar-refractivity contribution in [3.63, 3.8) is 0 Å². The Balaban J connectivity index is 3.54. The van der Waals surface area contributed by atoms with E-state index in [0.717, 1.165) is 13.3 Å². The lowest BCUT2D eigenvalue weighted by molar-refractivity contribution is 0.107. The molecule has 1 N–H and O–H groups in total. The number of rotatable bonds is 3. The van der Waals surface area contributed by atoms with E-state index in [1.807, 2.05) is 4.98 Å². The molecule has 0 unspecified atom stereocenters. The van der Waals surface area contributed by atoms with Crippen LogP contribution in [0.2, 0.25) is 0 Å². The SMILES string of the molecule is COc1c(C(=O)Cl)c[nH]c(=O)c1C(F)F. The molecule has 1 heterocycles. The Morgan fingerprint density at radius 1 is 1.60 bits per heavy atom. The second-order valence-corrected chi connectivity index (χ2v) is 2.90. The van der Waals surface area contributed by atoms with Gasteiger partial charge >= 0.3 is 0 Å². The third-order valence-electron chi connectivity index (χ3n) is 1.72. The molecule has 0 aliphatic carbocycles. The monoisotopic (exact) mass is 237 g/mol. The van der Waals surface area contributed by atoms with Gasteiger partial charge in [-0.2, -0.15) is 0 Å². The minimum absolute atomic E-state index is 0.297. The summed E-state index contributed by atoms with van der Waals surface area (Å²) >= 11 is 5.13. The molecular weight excluding hydrogens is 232 g/mol. The molecule has 0 aliphatic rings. The number of hydrogen-bond donors (Lipinski definition) is 1. The Morgan fingerprint density at radius 3 is 2.60 bits per heavy atom. The van der Waals surface area contributed by atoms with Gasteiger partial charge in [0.15, 0.2) is 0 Å². The first-order chi connectivity index (χ1) is 6.99. The molecule has 7 heteroatoms. The fourth-order valence-corrected chi connectivity index (χ4v) is 1.23. The van der Waals surface area contributed by atoms with E-state index in [4.69, 9.17) is 11.6 Å². The number of H-pyrrole nitrogens is 1. The first-order valence-electron chi connectivity index (χ1n) is 3.76. The van der Waals surface area contributed by atoms with Gasteiger partial charge in [0, 0.05) is 6.20 Å². The summed E-state index contributed by atoms with van der Waals surface area (Å²) in [5.41, 5.74) is -2.21. The summed E-state index contributed by atoms with van der Waals surface area (Å²) in [7, 11) is 1.07. The number of alkyl halides is 2. The van der Waals surface area contributed by atoms with Gasteiger partial charge in [-0.25, -0.2) is 8.78 Å². The van der Waals surface area contributed by atoms with Gasteiger partial charge in [0.05, 0.1) is 12.7 Å². The average Bonchev–Trinajstić information content (AvgIpc) is 2.15. The third-order valence-corrected chi connectivity index (χ3v) is 1.92. The molecule has 0 aromatic carbocycles. The zero-order chi connectivity index (χ0) is 11.6. The number of hydrogen-bond acceptors (Lipinski definition) is 3. The molecule has 15 heavy (non-hydrogen) atoms. The van der Waals surface area contributed by atoms with Crippen molar-refractivity contribution >= 4 is 16.8 Å². The highest BCUT2D eigenvalue weighted by Crippen LogP contribution is 2.29. The molecule has 0 amide bonds. The van der Waals surface area contributed by atoms with Gasteiger partial charge in [-0.3, -0.25) is 9.59 Å². The number of halogens is 3. The maximum absolute atomic E-state index is 12.5. The van der Waals surface area contributed by atoms with Crippen LogP contribution < -0.4 is 10.3 Å². The number of nitrogens with one attached hydrogen (secondary N) is 1. The molecule has 1 aromatic heterocycles. The van der Waals surface area contributed by atoms with Crippen molar-refractivity contribution in [3.05, 3.63) is 27.7 Å². The predicted molar refractivity (Wildman–Crippen MR) is 48.8 cm³/mol. The number of carbonyl (C=O) groups is 1. The molecule has 0 saturated heterocycles. The van der Waals surface area contributed by atoms with Crippen molar-refractivity contribution in [1.29, 1.82) is 0 Å². The van der Waals surface area contributed by atoms with Crippen LogP contribution in [-0.2, 0) is 0 Å². The smallest absolute Gasteiger partial charge is 0.272 e. The third kappa shape index (κ3) is 2.15. The van der Waals surface area contributed by atoms with Crippen molar-refractivity contribution in [2.75, 3.05) is 7.11 Å². The van der Waals surface area contributed by atoms with Gasteiger partial charge in [0.2, 0.25) is 0 Å². The quantitative estimate of drug-likeness (QED) is 0.814. The van der Waals surface area contributed by atoms with Crippen LogP contribution in [0.3, 0.4) is 0 Å². The van der Waals surface area contributed by atoms with Crippen LogP contribution in [0.25, 0.3) is 0 Å². The number of pyridine rings is 1. The van der Waals surface area contributed by atoms with Crippen molar-refractivity contribution in [3.8, 4) is 5.75 Å². The van der Waals surface area contributed by atoms with E-state index in [1.54, 1.807) is 0 Å². The highest BCUT2D eigenvalue weighted by molar-refractivity contribution is 6.68. The number of methoxy groups -OCH3 is 1. The zero-order valence-corrected chi connectivity index (χ0v) is 8.27. The van der Waals surface area contributed by atoms with Crippen LogP contribution in [-0.4, -0.2) is 17.3 Å². The van der Waals surface area contributed by atoms with E-state index in [-0.39, 0.29) is 5.56 Å². The highest BCUT2D eigenvalue weighted by Gasteiger charge is 2.23. The van der Waals surface area contributed by atoms with E-state index in [9.17, 15) is 18.4 Å². The van der Waals surface area contributed by atoms with Gasteiger partial charge in [-0.05, 0) is 11.6 Å². The lowest BCUT2D eigenvalue weighted by Gasteiger charge is -2.09. The topological polar surface area (TPSA) is 59.2 Å². The minimum Gasteiger partial charge on any atom is -0.495 e. The van der Waals surface area contributed by atoms with Crippen LogP contribution in [0.4, 0.5) is 8.78 Å². The summed E-state index contributed by atoms with van der Waals surface area (Å²) in [6, 6.07) is 0. The maximum atomic E-state index is 12.5. The van der Waals surface area contributed by atoms with Crippen molar-refractivity contribution in [2.24, 2.45) is 0 Å². The van der Waals surface area contributed by atoms with Crippen molar-refractivity contribution < 1.29 is 18.3 Å². The van der Waals surface area contributed by atoms with Crippen molar-refractivity contribution in [1.82, 2.24) is 4.98 Å². The van der Waals surface area contributed by atoms with E-state index >= 15 is 0 Å². The largest absolute Gasteiger partial charge is 0.495 e. The Hall–Kier alpha value is -1.43. The summed E-state index contributed by atoms with van der Waals surface area (Å²) in [6.07, 6.45) is -2.11. The van der Waals surface area contributed by atoms with Crippen LogP contribution >= 0.6 is 11.6 Å². The molecule has 0 saturated carbocycles. The summed E-state index contributed by atoms with van der Waals surface area (Å²) in [6.45, 7) is 0. The Labute approximate surface area is 87.8 Å². The minimum atomic E-state index is -3.04. The molecule has 0 spiro atoms. The lowest BCUT2D eigenvalue weighted by atomic mass is 10.2. The molecule has 1 aromatic rings. The van der Waals surface area contributed by atoms with Gasteiger partial charge in [0.1, 0.15) is 11.3 Å². The van der Waals surface area contributed by atoms with E-state index in [0.29, 0.717) is 0 Å². The summed E-state index contributed by atoms with van der Waals surface area (Å²) < 4.78 is 29.5. The Bertz CT molecular complexity index is 444. The second-order valence-electron chi connectivity index (χ2n) is 2.55. The first kappa shape index (κ1) is 11.6. The lowest BCUT2D eigenvalue weighted by Crippen LogP contribution is -2.16. The molecule has 0 fully saturated rings. The molecule has 1 rings (SSSR count). The molecule has 0 atom stereocenters. The van der Waals surface area contributed by atoms with Crippen LogP contribution in [0.15, 0.2) is 11.0 Å². The van der Waals surface area contributed by atoms with Crippen LogP contribution in [0.5, 0.6) is 5.75 Å². The number of aromatic nitrogens is 1. The highest BCUT2D eigenvalue weighted by atomic mass is 35.5. The first-order valence-corrected chi connectivity index (χ1v) is 4.14. The van der Waals surface area contributed by atoms with Crippen LogP contribution in [0.1, 0.15) is 22.3 Å². The number of aromatic amines is 1. The second kappa shape index (κ2) is 4.39. The van der Waals surface area contributed by atoms with Crippen molar-refractivity contribution in [2.45, 2.75) is 6.43 Å². The van der Waals surface area contributed by atoms with Crippen LogP contribution in [0, 0.1) is 0 Å². The molecular formula is C8H6ClF2NO3. The fourth-order valence-electron chi connectivity index (χ4n) is 1.09. The van der Waals surface area contributed by atoms with E-state index in [1.165, 1.54) is 0 Å². The summed E-state index contributed by atoms with van der Waals surface area (Å²) in [4.78, 5) is 23.9. The Kier molecular flexibility index (Phi) is 3.41. The zero-order valence-electron chi connectivity index (χ0n) is 7.51. The number of carbonyl (C=O) groups excluding carboxylic acids is 1. The van der Waals surface area contributed by atoms with E-state index < -0.39 is 28.5 Å². The molecule has 0 bridgehead atoms. The predicted octanol–water partition coefficient (Wildman–Crippen LogP) is 1.70. The van der Waals surface area contributed by atoms with Gasteiger partial charge < -0.3 is 9.72 Å². The standard InChI is InChI=1S/C8H6ClF2NO3/c1-15-5-3(6(9)13)2-12-8(14)4(5)7(10)11/h2,7H,1H3,(H,12,14). The van der Waals surface area contributed by atoms with Gasteiger partial charge in [0.25, 0.3) is 17.2 Å². The van der Waals surface area contributed by atoms with Gasteiger partial charge in [-0.1, -0.05) is 0 Å².